The van der Waals surface area contributed by atoms with Crippen LogP contribution in [0.15, 0.2) is 30.3 Å². The van der Waals surface area contributed by atoms with Crippen LogP contribution in [0.4, 0.5) is 0 Å². The molecule has 0 radical (unpaired) electrons. The highest BCUT2D eigenvalue weighted by Gasteiger charge is 1.97. The zero-order chi connectivity index (χ0) is 13.1. The van der Waals surface area contributed by atoms with Crippen molar-refractivity contribution < 1.29 is 0 Å². The first-order valence-electron chi connectivity index (χ1n) is 6.01. The predicted molar refractivity (Wildman–Crippen MR) is 76.6 cm³/mol. The molecule has 1 atom stereocenters. The Kier molecular flexibility index (Phi) is 8.62. The minimum Gasteiger partial charge on any atom is -0.106 e. The SMILES string of the molecule is CC#CC(C)C.CC#CC(C)c1ccccc1. The quantitative estimate of drug-likeness (QED) is 0.619. The van der Waals surface area contributed by atoms with E-state index in [-0.39, 0.29) is 0 Å². The lowest BCUT2D eigenvalue weighted by molar-refractivity contribution is 0.866. The van der Waals surface area contributed by atoms with E-state index in [2.05, 4.69) is 56.6 Å². The van der Waals surface area contributed by atoms with Gasteiger partial charge in [-0.1, -0.05) is 50.1 Å². The van der Waals surface area contributed by atoms with Crippen molar-refractivity contribution in [2.24, 2.45) is 5.92 Å². The van der Waals surface area contributed by atoms with Gasteiger partial charge in [0.1, 0.15) is 0 Å². The van der Waals surface area contributed by atoms with Crippen LogP contribution in [0.1, 0.15) is 46.1 Å². The summed E-state index contributed by atoms with van der Waals surface area (Å²) in [4.78, 5) is 0. The third-order valence-electron chi connectivity index (χ3n) is 2.09. The van der Waals surface area contributed by atoms with Crippen LogP contribution >= 0.6 is 0 Å². The van der Waals surface area contributed by atoms with Crippen molar-refractivity contribution in [3.05, 3.63) is 35.9 Å². The minimum absolute atomic E-state index is 0.362. The summed E-state index contributed by atoms with van der Waals surface area (Å²) in [5.41, 5.74) is 1.29. The summed E-state index contributed by atoms with van der Waals surface area (Å²) in [5, 5.41) is 0. The Morgan fingerprint density at radius 2 is 1.35 bits per heavy atom. The normalized spacial score (nSPS) is 10.0. The Hall–Kier alpha value is -1.66. The van der Waals surface area contributed by atoms with E-state index in [0.717, 1.165) is 0 Å². The van der Waals surface area contributed by atoms with Crippen LogP contribution in [-0.2, 0) is 0 Å². The van der Waals surface area contributed by atoms with Gasteiger partial charge in [-0.25, -0.2) is 0 Å². The number of benzene rings is 1. The van der Waals surface area contributed by atoms with Gasteiger partial charge in [0, 0.05) is 11.8 Å². The lowest BCUT2D eigenvalue weighted by Gasteiger charge is -2.01. The molecule has 0 aromatic heterocycles. The second-order valence-corrected chi connectivity index (χ2v) is 4.08. The van der Waals surface area contributed by atoms with Crippen LogP contribution in [0.3, 0.4) is 0 Å². The molecule has 90 valence electrons. The standard InChI is InChI=1S/C11H12.C6H10/c1-3-7-10(2)11-8-5-4-6-9-11;1-4-5-6(2)3/h4-6,8-10H,1-2H3;6H,1-3H3. The molecule has 1 unspecified atom stereocenters. The highest BCUT2D eigenvalue weighted by atomic mass is 14.0. The summed E-state index contributed by atoms with van der Waals surface area (Å²) in [6, 6.07) is 10.3. The molecule has 1 rings (SSSR count). The van der Waals surface area contributed by atoms with Crippen molar-refractivity contribution in [2.45, 2.75) is 40.5 Å². The molecule has 0 fully saturated rings. The third-order valence-corrected chi connectivity index (χ3v) is 2.09. The molecule has 17 heavy (non-hydrogen) atoms. The first-order valence-corrected chi connectivity index (χ1v) is 6.01. The fourth-order valence-corrected chi connectivity index (χ4v) is 1.33. The number of rotatable bonds is 1. The van der Waals surface area contributed by atoms with Crippen molar-refractivity contribution in [3.8, 4) is 23.7 Å². The van der Waals surface area contributed by atoms with Crippen LogP contribution in [0, 0.1) is 29.6 Å². The average Bonchev–Trinajstić information content (AvgIpc) is 2.31. The van der Waals surface area contributed by atoms with E-state index in [1.165, 1.54) is 5.56 Å². The fraction of sp³-hybridized carbons (Fsp3) is 0.412. The van der Waals surface area contributed by atoms with E-state index >= 15 is 0 Å². The van der Waals surface area contributed by atoms with Crippen molar-refractivity contribution in [1.29, 1.82) is 0 Å². The Morgan fingerprint density at radius 3 is 1.71 bits per heavy atom. The molecule has 0 spiro atoms. The van der Waals surface area contributed by atoms with Gasteiger partial charge in [0.05, 0.1) is 0 Å². The zero-order valence-corrected chi connectivity index (χ0v) is 11.5. The molecule has 1 aromatic carbocycles. The van der Waals surface area contributed by atoms with Crippen molar-refractivity contribution >= 4 is 0 Å². The second-order valence-electron chi connectivity index (χ2n) is 4.08. The molecule has 0 nitrogen and oxygen atoms in total. The van der Waals surface area contributed by atoms with Crippen LogP contribution in [0.25, 0.3) is 0 Å². The Balaban J connectivity index is 0.000000366. The van der Waals surface area contributed by atoms with Gasteiger partial charge in [0.25, 0.3) is 0 Å². The third kappa shape index (κ3) is 8.18. The van der Waals surface area contributed by atoms with Gasteiger partial charge in [-0.05, 0) is 26.3 Å². The Morgan fingerprint density at radius 1 is 0.824 bits per heavy atom. The molecule has 0 heteroatoms. The van der Waals surface area contributed by atoms with E-state index < -0.39 is 0 Å². The van der Waals surface area contributed by atoms with Crippen LogP contribution in [-0.4, -0.2) is 0 Å². The van der Waals surface area contributed by atoms with Crippen molar-refractivity contribution in [3.63, 3.8) is 0 Å². The first-order chi connectivity index (χ1) is 8.11. The summed E-state index contributed by atoms with van der Waals surface area (Å²) in [6.07, 6.45) is 0. The van der Waals surface area contributed by atoms with Crippen molar-refractivity contribution in [2.75, 3.05) is 0 Å². The van der Waals surface area contributed by atoms with E-state index in [1.807, 2.05) is 32.0 Å². The zero-order valence-electron chi connectivity index (χ0n) is 11.5. The largest absolute Gasteiger partial charge is 0.106 e. The van der Waals surface area contributed by atoms with Gasteiger partial charge in [0.15, 0.2) is 0 Å². The molecule has 0 aliphatic heterocycles. The van der Waals surface area contributed by atoms with Crippen LogP contribution in [0.2, 0.25) is 0 Å². The molecule has 0 bridgehead atoms. The minimum atomic E-state index is 0.362. The summed E-state index contributed by atoms with van der Waals surface area (Å²) < 4.78 is 0. The number of hydrogen-bond donors (Lipinski definition) is 0. The average molecular weight is 226 g/mol. The molecule has 0 aliphatic rings. The predicted octanol–water partition coefficient (Wildman–Crippen LogP) is 4.48. The van der Waals surface area contributed by atoms with Gasteiger partial charge in [0.2, 0.25) is 0 Å². The number of hydrogen-bond acceptors (Lipinski definition) is 0. The molecule has 0 aliphatic carbocycles. The smallest absolute Gasteiger partial charge is 0.0423 e. The lowest BCUT2D eigenvalue weighted by Crippen LogP contribution is -1.87. The summed E-state index contributed by atoms with van der Waals surface area (Å²) >= 11 is 0. The fourth-order valence-electron chi connectivity index (χ4n) is 1.33. The molecule has 0 amide bonds. The first kappa shape index (κ1) is 15.3. The highest BCUT2D eigenvalue weighted by Crippen LogP contribution is 2.12. The Labute approximate surface area is 106 Å². The monoisotopic (exact) mass is 226 g/mol. The van der Waals surface area contributed by atoms with Crippen LogP contribution in [0.5, 0.6) is 0 Å². The van der Waals surface area contributed by atoms with Gasteiger partial charge in [-0.2, -0.15) is 0 Å². The van der Waals surface area contributed by atoms with Gasteiger partial charge < -0.3 is 0 Å². The Bertz CT molecular complexity index is 404. The van der Waals surface area contributed by atoms with Crippen LogP contribution < -0.4 is 0 Å². The molecule has 1 aromatic rings. The second kappa shape index (κ2) is 9.56. The summed E-state index contributed by atoms with van der Waals surface area (Å²) in [5.74, 6) is 12.7. The maximum Gasteiger partial charge on any atom is 0.0423 e. The summed E-state index contributed by atoms with van der Waals surface area (Å²) in [6.45, 7) is 10.0. The maximum absolute atomic E-state index is 3.11. The van der Waals surface area contributed by atoms with E-state index in [9.17, 15) is 0 Å². The highest BCUT2D eigenvalue weighted by molar-refractivity contribution is 5.26. The molecule has 0 saturated carbocycles. The molecule has 0 saturated heterocycles. The molecular weight excluding hydrogens is 204 g/mol. The van der Waals surface area contributed by atoms with Gasteiger partial charge in [-0.3, -0.25) is 0 Å². The molecular formula is C17H22. The van der Waals surface area contributed by atoms with E-state index in [0.29, 0.717) is 11.8 Å². The molecule has 0 heterocycles. The lowest BCUT2D eigenvalue weighted by atomic mass is 10.0. The van der Waals surface area contributed by atoms with Crippen molar-refractivity contribution in [1.82, 2.24) is 0 Å². The summed E-state index contributed by atoms with van der Waals surface area (Å²) in [7, 11) is 0. The maximum atomic E-state index is 3.11. The van der Waals surface area contributed by atoms with E-state index in [4.69, 9.17) is 0 Å². The van der Waals surface area contributed by atoms with Gasteiger partial charge >= 0.3 is 0 Å². The van der Waals surface area contributed by atoms with E-state index in [1.54, 1.807) is 0 Å². The van der Waals surface area contributed by atoms with Gasteiger partial charge in [-0.15, -0.1) is 17.8 Å². The topological polar surface area (TPSA) is 0 Å². The molecule has 0 N–H and O–H groups in total.